The summed E-state index contributed by atoms with van der Waals surface area (Å²) in [6.07, 6.45) is 1.66. The first kappa shape index (κ1) is 13.1. The van der Waals surface area contributed by atoms with Crippen molar-refractivity contribution in [2.75, 3.05) is 7.11 Å². The quantitative estimate of drug-likeness (QED) is 0.789. The summed E-state index contributed by atoms with van der Waals surface area (Å²) in [4.78, 5) is 11.7. The highest BCUT2D eigenvalue weighted by Gasteiger charge is 2.20. The van der Waals surface area contributed by atoms with Crippen molar-refractivity contribution in [3.05, 3.63) is 40.7 Å². The van der Waals surface area contributed by atoms with E-state index >= 15 is 0 Å². The van der Waals surface area contributed by atoms with Crippen LogP contribution >= 0.6 is 11.6 Å². The fraction of sp³-hybridized carbons (Fsp3) is 0.154. The summed E-state index contributed by atoms with van der Waals surface area (Å²) in [5.74, 6) is -0.547. The normalized spacial score (nSPS) is 10.0. The van der Waals surface area contributed by atoms with Gasteiger partial charge in [-0.3, -0.25) is 4.68 Å². The van der Waals surface area contributed by atoms with Crippen LogP contribution in [0, 0.1) is 11.3 Å². The second-order valence-corrected chi connectivity index (χ2v) is 4.21. The van der Waals surface area contributed by atoms with E-state index in [4.69, 9.17) is 16.9 Å². The van der Waals surface area contributed by atoms with E-state index in [0.29, 0.717) is 21.7 Å². The predicted molar refractivity (Wildman–Crippen MR) is 69.7 cm³/mol. The maximum atomic E-state index is 11.7. The number of carbonyl (C=O) groups excluding carboxylic acids is 1. The molecule has 6 heteroatoms. The van der Waals surface area contributed by atoms with Crippen molar-refractivity contribution >= 4 is 17.6 Å². The molecule has 0 saturated carbocycles. The van der Waals surface area contributed by atoms with Crippen LogP contribution in [0.5, 0.6) is 0 Å². The molecule has 0 unspecified atom stereocenters. The Morgan fingerprint density at radius 1 is 1.47 bits per heavy atom. The molecule has 2 rings (SSSR count). The second kappa shape index (κ2) is 5.12. The van der Waals surface area contributed by atoms with E-state index in [-0.39, 0.29) is 5.69 Å². The minimum absolute atomic E-state index is 0.169. The van der Waals surface area contributed by atoms with Crippen LogP contribution in [0.25, 0.3) is 11.1 Å². The fourth-order valence-electron chi connectivity index (χ4n) is 1.76. The smallest absolute Gasteiger partial charge is 0.359 e. The van der Waals surface area contributed by atoms with Gasteiger partial charge < -0.3 is 4.74 Å². The number of aromatic nitrogens is 2. The Kier molecular flexibility index (Phi) is 3.54. The van der Waals surface area contributed by atoms with Gasteiger partial charge in [0.2, 0.25) is 0 Å². The first-order valence-electron chi connectivity index (χ1n) is 5.39. The van der Waals surface area contributed by atoms with E-state index in [1.54, 1.807) is 31.4 Å². The van der Waals surface area contributed by atoms with Gasteiger partial charge in [-0.2, -0.15) is 10.4 Å². The Hall–Kier alpha value is -2.32. The van der Waals surface area contributed by atoms with Crippen LogP contribution in [-0.2, 0) is 11.8 Å². The maximum absolute atomic E-state index is 11.7. The van der Waals surface area contributed by atoms with E-state index in [0.717, 1.165) is 0 Å². The van der Waals surface area contributed by atoms with Crippen molar-refractivity contribution in [1.29, 1.82) is 5.26 Å². The van der Waals surface area contributed by atoms with Crippen molar-refractivity contribution in [3.8, 4) is 17.2 Å². The molecule has 1 heterocycles. The molecule has 0 spiro atoms. The zero-order valence-electron chi connectivity index (χ0n) is 10.3. The summed E-state index contributed by atoms with van der Waals surface area (Å²) >= 11 is 6.16. The molecule has 0 fully saturated rings. The number of nitrogens with zero attached hydrogens (tertiary/aromatic N) is 3. The van der Waals surface area contributed by atoms with Gasteiger partial charge in [0.25, 0.3) is 0 Å². The Bertz CT molecular complexity index is 686. The average Bonchev–Trinajstić information content (AvgIpc) is 2.80. The average molecular weight is 276 g/mol. The molecule has 0 N–H and O–H groups in total. The molecule has 0 aliphatic rings. The molecule has 0 aliphatic carbocycles. The number of aryl methyl sites for hydroxylation is 1. The molecule has 0 radical (unpaired) electrons. The zero-order valence-corrected chi connectivity index (χ0v) is 11.1. The Morgan fingerprint density at radius 2 is 2.21 bits per heavy atom. The maximum Gasteiger partial charge on any atom is 0.359 e. The lowest BCUT2D eigenvalue weighted by Crippen LogP contribution is -2.04. The van der Waals surface area contributed by atoms with Gasteiger partial charge in [0.1, 0.15) is 6.07 Å². The summed E-state index contributed by atoms with van der Waals surface area (Å²) in [5, 5.41) is 13.3. The number of rotatable bonds is 2. The van der Waals surface area contributed by atoms with Gasteiger partial charge in [0, 0.05) is 24.4 Å². The third kappa shape index (κ3) is 2.30. The van der Waals surface area contributed by atoms with Crippen LogP contribution in [0.3, 0.4) is 0 Å². The highest BCUT2D eigenvalue weighted by Crippen LogP contribution is 2.32. The van der Waals surface area contributed by atoms with Gasteiger partial charge >= 0.3 is 5.97 Å². The van der Waals surface area contributed by atoms with Crippen LogP contribution in [0.4, 0.5) is 0 Å². The topological polar surface area (TPSA) is 67.9 Å². The van der Waals surface area contributed by atoms with E-state index in [1.807, 2.05) is 6.07 Å². The fourth-order valence-corrected chi connectivity index (χ4v) is 2.03. The number of esters is 1. The van der Waals surface area contributed by atoms with Crippen molar-refractivity contribution < 1.29 is 9.53 Å². The van der Waals surface area contributed by atoms with Gasteiger partial charge in [-0.15, -0.1) is 0 Å². The third-order valence-electron chi connectivity index (χ3n) is 2.62. The van der Waals surface area contributed by atoms with E-state index in [2.05, 4.69) is 9.84 Å². The minimum atomic E-state index is -0.547. The lowest BCUT2D eigenvalue weighted by molar-refractivity contribution is 0.0594. The molecular formula is C13H10ClN3O2. The first-order valence-corrected chi connectivity index (χ1v) is 5.77. The van der Waals surface area contributed by atoms with Gasteiger partial charge in [0.15, 0.2) is 5.69 Å². The highest BCUT2D eigenvalue weighted by molar-refractivity contribution is 6.34. The van der Waals surface area contributed by atoms with Gasteiger partial charge in [-0.25, -0.2) is 4.79 Å². The minimum Gasteiger partial charge on any atom is -0.464 e. The highest BCUT2D eigenvalue weighted by atomic mass is 35.5. The van der Waals surface area contributed by atoms with E-state index < -0.39 is 5.97 Å². The molecule has 0 bridgehead atoms. The molecule has 2 aromatic rings. The number of hydrogen-bond donors (Lipinski definition) is 0. The number of methoxy groups -OCH3 is 1. The predicted octanol–water partition coefficient (Wildman–Crippen LogP) is 2.40. The lowest BCUT2D eigenvalue weighted by Gasteiger charge is -2.04. The van der Waals surface area contributed by atoms with Crippen LogP contribution in [0.15, 0.2) is 24.4 Å². The number of benzene rings is 1. The van der Waals surface area contributed by atoms with Crippen molar-refractivity contribution in [1.82, 2.24) is 9.78 Å². The molecular weight excluding hydrogens is 266 g/mol. The standard InChI is InChI=1S/C13H10ClN3O2/c1-17-7-10(12(16-17)13(18)19-2)9-5-3-4-8(6-15)11(9)14/h3-5,7H,1-2H3. The van der Waals surface area contributed by atoms with Crippen LogP contribution in [0.2, 0.25) is 5.02 Å². The van der Waals surface area contributed by atoms with Crippen LogP contribution in [0.1, 0.15) is 16.1 Å². The van der Waals surface area contributed by atoms with Gasteiger partial charge in [0.05, 0.1) is 17.7 Å². The molecule has 19 heavy (non-hydrogen) atoms. The summed E-state index contributed by atoms with van der Waals surface area (Å²) in [5.41, 5.74) is 1.63. The molecule has 1 aromatic carbocycles. The van der Waals surface area contributed by atoms with Crippen LogP contribution in [-0.4, -0.2) is 22.9 Å². The number of nitriles is 1. The largest absolute Gasteiger partial charge is 0.464 e. The second-order valence-electron chi connectivity index (χ2n) is 3.84. The summed E-state index contributed by atoms with van der Waals surface area (Å²) in [6.45, 7) is 0. The van der Waals surface area contributed by atoms with Crippen molar-refractivity contribution in [3.63, 3.8) is 0 Å². The lowest BCUT2D eigenvalue weighted by atomic mass is 10.0. The number of halogens is 1. The van der Waals surface area contributed by atoms with E-state index in [9.17, 15) is 4.79 Å². The summed E-state index contributed by atoms with van der Waals surface area (Å²) in [7, 11) is 2.98. The number of hydrogen-bond acceptors (Lipinski definition) is 4. The van der Waals surface area contributed by atoms with E-state index in [1.165, 1.54) is 11.8 Å². The Labute approximate surface area is 115 Å². The van der Waals surface area contributed by atoms with Crippen molar-refractivity contribution in [2.45, 2.75) is 0 Å². The number of ether oxygens (including phenoxy) is 1. The third-order valence-corrected chi connectivity index (χ3v) is 3.02. The summed E-state index contributed by atoms with van der Waals surface area (Å²) in [6, 6.07) is 7.04. The zero-order chi connectivity index (χ0) is 14.0. The summed E-state index contributed by atoms with van der Waals surface area (Å²) < 4.78 is 6.18. The SMILES string of the molecule is COC(=O)c1nn(C)cc1-c1cccc(C#N)c1Cl. The van der Waals surface area contributed by atoms with Crippen LogP contribution < -0.4 is 0 Å². The Morgan fingerprint density at radius 3 is 2.84 bits per heavy atom. The first-order chi connectivity index (χ1) is 9.08. The van der Waals surface area contributed by atoms with Gasteiger partial charge in [-0.05, 0) is 6.07 Å². The Balaban J connectivity index is 2.66. The van der Waals surface area contributed by atoms with Gasteiger partial charge in [-0.1, -0.05) is 23.7 Å². The molecule has 5 nitrogen and oxygen atoms in total. The molecule has 0 atom stereocenters. The monoisotopic (exact) mass is 275 g/mol. The molecule has 96 valence electrons. The molecule has 1 aromatic heterocycles. The molecule has 0 saturated heterocycles. The molecule has 0 aliphatic heterocycles. The van der Waals surface area contributed by atoms with Crippen molar-refractivity contribution in [2.24, 2.45) is 7.05 Å². The number of carbonyl (C=O) groups is 1. The molecule has 0 amide bonds.